The molecule has 3 heteroatoms. The van der Waals surface area contributed by atoms with Gasteiger partial charge in [-0.15, -0.1) is 0 Å². The van der Waals surface area contributed by atoms with Gasteiger partial charge in [0.2, 0.25) is 0 Å². The summed E-state index contributed by atoms with van der Waals surface area (Å²) in [5, 5.41) is 0.665. The predicted molar refractivity (Wildman–Crippen MR) is 106 cm³/mol. The highest BCUT2D eigenvalue weighted by Gasteiger charge is 2.14. The number of rotatable bonds is 4. The van der Waals surface area contributed by atoms with E-state index in [0.29, 0.717) is 11.9 Å². The third kappa shape index (κ3) is 3.04. The molecule has 0 N–H and O–H groups in total. The first-order chi connectivity index (χ1) is 12.7. The van der Waals surface area contributed by atoms with E-state index in [1.807, 2.05) is 65.2 Å². The summed E-state index contributed by atoms with van der Waals surface area (Å²) in [6, 6.07) is 25.9. The number of nitrogens with zero attached hydrogens (tertiary/aromatic N) is 2. The molecule has 0 unspecified atom stereocenters. The molecule has 1 heterocycles. The monoisotopic (exact) mass is 340 g/mol. The number of aromatic nitrogens is 2. The smallest absolute Gasteiger partial charge is 0.261 e. The quantitative estimate of drug-likeness (QED) is 0.543. The highest BCUT2D eigenvalue weighted by Crippen LogP contribution is 2.22. The minimum Gasteiger partial charge on any atom is -0.292 e. The second-order valence-electron chi connectivity index (χ2n) is 6.46. The molecule has 0 aliphatic heterocycles. The number of benzene rings is 3. The molecule has 0 radical (unpaired) electrons. The van der Waals surface area contributed by atoms with E-state index in [1.54, 1.807) is 0 Å². The zero-order valence-corrected chi connectivity index (χ0v) is 14.7. The average molecular weight is 340 g/mol. The molecule has 0 aliphatic rings. The van der Waals surface area contributed by atoms with E-state index >= 15 is 0 Å². The molecule has 0 amide bonds. The Morgan fingerprint density at radius 1 is 0.846 bits per heavy atom. The van der Waals surface area contributed by atoms with Crippen molar-refractivity contribution in [1.82, 2.24) is 9.55 Å². The lowest BCUT2D eigenvalue weighted by Gasteiger charge is -2.15. The minimum atomic E-state index is 0.0183. The maximum atomic E-state index is 13.2. The maximum absolute atomic E-state index is 13.2. The van der Waals surface area contributed by atoms with Gasteiger partial charge in [-0.1, -0.05) is 66.7 Å². The summed E-state index contributed by atoms with van der Waals surface area (Å²) >= 11 is 0. The first-order valence-electron chi connectivity index (χ1n) is 8.83. The second-order valence-corrected chi connectivity index (χ2v) is 6.46. The van der Waals surface area contributed by atoms with Gasteiger partial charge in [-0.25, -0.2) is 4.98 Å². The Balaban J connectivity index is 1.88. The van der Waals surface area contributed by atoms with E-state index in [9.17, 15) is 4.79 Å². The third-order valence-electron chi connectivity index (χ3n) is 4.71. The molecule has 3 nitrogen and oxygen atoms in total. The zero-order chi connectivity index (χ0) is 17.9. The van der Waals surface area contributed by atoms with Crippen LogP contribution in [0.5, 0.6) is 0 Å². The Kier molecular flexibility index (Phi) is 4.36. The van der Waals surface area contributed by atoms with Gasteiger partial charge in [0.15, 0.2) is 0 Å². The molecule has 0 spiro atoms. The second kappa shape index (κ2) is 6.96. The van der Waals surface area contributed by atoms with E-state index in [-0.39, 0.29) is 5.56 Å². The van der Waals surface area contributed by atoms with E-state index in [4.69, 9.17) is 4.98 Å². The summed E-state index contributed by atoms with van der Waals surface area (Å²) in [4.78, 5) is 18.0. The minimum absolute atomic E-state index is 0.0183. The van der Waals surface area contributed by atoms with Crippen molar-refractivity contribution in [2.24, 2.45) is 0 Å². The van der Waals surface area contributed by atoms with Crippen LogP contribution >= 0.6 is 0 Å². The first kappa shape index (κ1) is 16.3. The van der Waals surface area contributed by atoms with E-state index in [1.165, 1.54) is 5.56 Å². The predicted octanol–water partition coefficient (Wildman–Crippen LogP) is 4.61. The molecule has 3 aromatic carbocycles. The Bertz CT molecular complexity index is 1110. The molecule has 0 atom stereocenters. The van der Waals surface area contributed by atoms with E-state index in [0.717, 1.165) is 28.9 Å². The van der Waals surface area contributed by atoms with Gasteiger partial charge in [0, 0.05) is 12.1 Å². The van der Waals surface area contributed by atoms with Gasteiger partial charge in [-0.2, -0.15) is 0 Å². The molecule has 0 bridgehead atoms. The highest BCUT2D eigenvalue weighted by molar-refractivity contribution is 5.80. The molecule has 0 saturated carbocycles. The van der Waals surface area contributed by atoms with Crippen molar-refractivity contribution in [2.45, 2.75) is 19.9 Å². The van der Waals surface area contributed by atoms with E-state index < -0.39 is 0 Å². The topological polar surface area (TPSA) is 34.9 Å². The van der Waals surface area contributed by atoms with E-state index in [2.05, 4.69) is 25.1 Å². The Morgan fingerprint density at radius 3 is 2.35 bits per heavy atom. The molecule has 26 heavy (non-hydrogen) atoms. The lowest BCUT2D eigenvalue weighted by atomic mass is 10.1. The van der Waals surface area contributed by atoms with Crippen LogP contribution in [0, 0.1) is 6.92 Å². The van der Waals surface area contributed by atoms with Crippen LogP contribution in [0.15, 0.2) is 83.7 Å². The van der Waals surface area contributed by atoms with Gasteiger partial charge >= 0.3 is 0 Å². The number of aryl methyl sites for hydroxylation is 2. The average Bonchev–Trinajstić information content (AvgIpc) is 2.68. The van der Waals surface area contributed by atoms with Crippen LogP contribution in [0.3, 0.4) is 0 Å². The number of hydrogen-bond donors (Lipinski definition) is 0. The standard InChI is InChI=1S/C23H20N2O/c1-17-9-5-6-12-19(17)22-24-21-14-8-7-13-20(21)23(26)25(22)16-15-18-10-3-2-4-11-18/h2-14H,15-16H2,1H3. The van der Waals surface area contributed by atoms with Gasteiger partial charge in [0.05, 0.1) is 10.9 Å². The molecule has 1 aromatic heterocycles. The molecular formula is C23H20N2O. The van der Waals surface area contributed by atoms with Crippen molar-refractivity contribution in [3.05, 3.63) is 100 Å². The maximum Gasteiger partial charge on any atom is 0.261 e. The molecular weight excluding hydrogens is 320 g/mol. The number of fused-ring (bicyclic) bond motifs is 1. The molecule has 0 saturated heterocycles. The van der Waals surface area contributed by atoms with Crippen LogP contribution < -0.4 is 5.56 Å². The SMILES string of the molecule is Cc1ccccc1-c1nc2ccccc2c(=O)n1CCc1ccccc1. The fourth-order valence-corrected chi connectivity index (χ4v) is 3.29. The van der Waals surface area contributed by atoms with Gasteiger partial charge in [-0.05, 0) is 36.6 Å². The lowest BCUT2D eigenvalue weighted by Crippen LogP contribution is -2.24. The molecule has 0 fully saturated rings. The van der Waals surface area contributed by atoms with Crippen LogP contribution in [0.4, 0.5) is 0 Å². The van der Waals surface area contributed by atoms with Crippen molar-refractivity contribution in [2.75, 3.05) is 0 Å². The number of hydrogen-bond acceptors (Lipinski definition) is 2. The van der Waals surface area contributed by atoms with Gasteiger partial charge in [-0.3, -0.25) is 9.36 Å². The Labute approximate surface area is 152 Å². The fraction of sp³-hybridized carbons (Fsp3) is 0.130. The van der Waals surface area contributed by atoms with Crippen LogP contribution in [0.25, 0.3) is 22.3 Å². The van der Waals surface area contributed by atoms with Crippen molar-refractivity contribution >= 4 is 10.9 Å². The van der Waals surface area contributed by atoms with Crippen LogP contribution in [0.1, 0.15) is 11.1 Å². The van der Waals surface area contributed by atoms with Crippen molar-refractivity contribution in [3.63, 3.8) is 0 Å². The van der Waals surface area contributed by atoms with Gasteiger partial charge in [0.1, 0.15) is 5.82 Å². The summed E-state index contributed by atoms with van der Waals surface area (Å²) < 4.78 is 1.82. The Morgan fingerprint density at radius 2 is 1.54 bits per heavy atom. The van der Waals surface area contributed by atoms with Crippen molar-refractivity contribution in [1.29, 1.82) is 0 Å². The summed E-state index contributed by atoms with van der Waals surface area (Å²) in [6.07, 6.45) is 0.791. The molecule has 128 valence electrons. The summed E-state index contributed by atoms with van der Waals surface area (Å²) in [6.45, 7) is 2.66. The summed E-state index contributed by atoms with van der Waals surface area (Å²) in [7, 11) is 0. The zero-order valence-electron chi connectivity index (χ0n) is 14.7. The normalized spacial score (nSPS) is 11.0. The van der Waals surface area contributed by atoms with Crippen LogP contribution in [0.2, 0.25) is 0 Å². The first-order valence-corrected chi connectivity index (χ1v) is 8.83. The fourth-order valence-electron chi connectivity index (χ4n) is 3.29. The largest absolute Gasteiger partial charge is 0.292 e. The molecule has 4 rings (SSSR count). The number of para-hydroxylation sites is 1. The molecule has 0 aliphatic carbocycles. The van der Waals surface area contributed by atoms with Crippen LogP contribution in [-0.2, 0) is 13.0 Å². The third-order valence-corrected chi connectivity index (χ3v) is 4.71. The van der Waals surface area contributed by atoms with Gasteiger partial charge < -0.3 is 0 Å². The van der Waals surface area contributed by atoms with Gasteiger partial charge in [0.25, 0.3) is 5.56 Å². The van der Waals surface area contributed by atoms with Crippen molar-refractivity contribution in [3.8, 4) is 11.4 Å². The van der Waals surface area contributed by atoms with Crippen LogP contribution in [-0.4, -0.2) is 9.55 Å². The lowest BCUT2D eigenvalue weighted by molar-refractivity contribution is 0.671. The summed E-state index contributed by atoms with van der Waals surface area (Å²) in [5.41, 5.74) is 4.09. The Hall–Kier alpha value is -3.20. The summed E-state index contributed by atoms with van der Waals surface area (Å²) in [5.74, 6) is 0.739. The van der Waals surface area contributed by atoms with Crippen molar-refractivity contribution < 1.29 is 0 Å². The molecule has 4 aromatic rings. The highest BCUT2D eigenvalue weighted by atomic mass is 16.1.